The molecule has 1 unspecified atom stereocenters. The van der Waals surface area contributed by atoms with Crippen LogP contribution in [0.2, 0.25) is 0 Å². The van der Waals surface area contributed by atoms with Crippen LogP contribution in [0.15, 0.2) is 60.7 Å². The Morgan fingerprint density at radius 2 is 2.03 bits per heavy atom. The van der Waals surface area contributed by atoms with Crippen LogP contribution in [0.3, 0.4) is 0 Å². The molecule has 3 heterocycles. The third-order valence-electron chi connectivity index (χ3n) is 6.03. The predicted octanol–water partition coefficient (Wildman–Crippen LogP) is 3.72. The molecule has 7 heteroatoms. The third kappa shape index (κ3) is 4.25. The van der Waals surface area contributed by atoms with E-state index in [1.807, 2.05) is 48.5 Å². The Labute approximate surface area is 192 Å². The van der Waals surface area contributed by atoms with Crippen LogP contribution in [-0.4, -0.2) is 54.6 Å². The summed E-state index contributed by atoms with van der Waals surface area (Å²) in [4.78, 5) is 24.5. The number of amides is 1. The summed E-state index contributed by atoms with van der Waals surface area (Å²) in [7, 11) is 3.31. The first kappa shape index (κ1) is 21.3. The summed E-state index contributed by atoms with van der Waals surface area (Å²) in [5.74, 6) is 0.646. The van der Waals surface area contributed by atoms with Crippen LogP contribution in [0.1, 0.15) is 27.8 Å². The summed E-state index contributed by atoms with van der Waals surface area (Å²) < 4.78 is 11.6. The minimum Gasteiger partial charge on any atom is -0.494 e. The lowest BCUT2D eigenvalue weighted by atomic mass is 10.0. The fraction of sp³-hybridized carbons (Fsp3) is 0.269. The summed E-state index contributed by atoms with van der Waals surface area (Å²) in [6, 6.07) is 19.6. The van der Waals surface area contributed by atoms with E-state index in [1.165, 1.54) is 0 Å². The Hall–Kier alpha value is -3.55. The second-order valence-electron chi connectivity index (χ2n) is 8.12. The molecule has 1 amide bonds. The smallest absolute Gasteiger partial charge is 0.251 e. The van der Waals surface area contributed by atoms with Crippen LogP contribution in [0.5, 0.6) is 5.75 Å². The van der Waals surface area contributed by atoms with E-state index >= 15 is 0 Å². The number of fused-ring (bicyclic) bond motifs is 2. The molecule has 1 aliphatic heterocycles. The predicted molar refractivity (Wildman–Crippen MR) is 127 cm³/mol. The quantitative estimate of drug-likeness (QED) is 0.508. The molecular weight excluding hydrogens is 416 g/mol. The average Bonchev–Trinajstić information content (AvgIpc) is 2.87. The van der Waals surface area contributed by atoms with Crippen LogP contribution in [-0.2, 0) is 11.3 Å². The standard InChI is InChI=1S/C26H26N4O3/c1-27-26(31)20-14-22(29-21-8-4-3-7-19(20)21)24-16-30(12-13-33-24)15-18-11-10-17-6-5-9-23(32-2)25(17)28-18/h3-11,14,24H,12-13,15-16H2,1-2H3,(H,27,31). The van der Waals surface area contributed by atoms with E-state index in [9.17, 15) is 4.79 Å². The molecule has 0 saturated carbocycles. The van der Waals surface area contributed by atoms with Crippen molar-refractivity contribution in [2.75, 3.05) is 33.9 Å². The zero-order valence-electron chi connectivity index (χ0n) is 18.7. The molecule has 1 aliphatic rings. The molecule has 0 bridgehead atoms. The summed E-state index contributed by atoms with van der Waals surface area (Å²) in [5, 5.41) is 4.62. The zero-order chi connectivity index (χ0) is 22.8. The molecule has 4 aromatic rings. The Morgan fingerprint density at radius 1 is 1.15 bits per heavy atom. The van der Waals surface area contributed by atoms with Crippen molar-refractivity contribution in [3.63, 3.8) is 0 Å². The number of para-hydroxylation sites is 2. The summed E-state index contributed by atoms with van der Waals surface area (Å²) in [5.41, 5.74) is 4.02. The number of benzene rings is 2. The number of methoxy groups -OCH3 is 1. The first-order chi connectivity index (χ1) is 16.2. The van der Waals surface area contributed by atoms with Crippen LogP contribution < -0.4 is 10.1 Å². The van der Waals surface area contributed by atoms with Gasteiger partial charge in [-0.05, 0) is 24.3 Å². The number of ether oxygens (including phenoxy) is 2. The number of hydrogen-bond acceptors (Lipinski definition) is 6. The van der Waals surface area contributed by atoms with Crippen molar-refractivity contribution >= 4 is 27.7 Å². The van der Waals surface area contributed by atoms with Crippen molar-refractivity contribution in [2.24, 2.45) is 0 Å². The van der Waals surface area contributed by atoms with E-state index < -0.39 is 0 Å². The Bertz CT molecular complexity index is 1320. The third-order valence-corrected chi connectivity index (χ3v) is 6.03. The highest BCUT2D eigenvalue weighted by Gasteiger charge is 2.25. The largest absolute Gasteiger partial charge is 0.494 e. The molecule has 7 nitrogen and oxygen atoms in total. The number of nitrogens with zero attached hydrogens (tertiary/aromatic N) is 3. The van der Waals surface area contributed by atoms with Crippen LogP contribution in [0.4, 0.5) is 0 Å². The number of morpholine rings is 1. The first-order valence-corrected chi connectivity index (χ1v) is 11.0. The normalized spacial score (nSPS) is 16.7. The molecule has 0 radical (unpaired) electrons. The summed E-state index contributed by atoms with van der Waals surface area (Å²) in [6.07, 6.45) is -0.221. The van der Waals surface area contributed by atoms with E-state index in [4.69, 9.17) is 19.4 Å². The number of carbonyl (C=O) groups is 1. The van der Waals surface area contributed by atoms with Gasteiger partial charge in [-0.1, -0.05) is 36.4 Å². The number of aromatic nitrogens is 2. The van der Waals surface area contributed by atoms with Crippen molar-refractivity contribution in [3.8, 4) is 5.75 Å². The highest BCUT2D eigenvalue weighted by atomic mass is 16.5. The Balaban J connectivity index is 1.41. The molecule has 2 aromatic heterocycles. The first-order valence-electron chi connectivity index (χ1n) is 11.0. The maximum atomic E-state index is 12.5. The molecule has 0 spiro atoms. The molecule has 5 rings (SSSR count). The van der Waals surface area contributed by atoms with E-state index in [1.54, 1.807) is 14.2 Å². The van der Waals surface area contributed by atoms with Crippen LogP contribution in [0, 0.1) is 0 Å². The zero-order valence-corrected chi connectivity index (χ0v) is 18.7. The topological polar surface area (TPSA) is 76.6 Å². The van der Waals surface area contributed by atoms with Gasteiger partial charge in [0.1, 0.15) is 17.4 Å². The fourth-order valence-corrected chi connectivity index (χ4v) is 4.35. The molecule has 1 fully saturated rings. The SMILES string of the molecule is CNC(=O)c1cc(C2CN(Cc3ccc4cccc(OC)c4n3)CCO2)nc2ccccc12. The molecule has 1 N–H and O–H groups in total. The van der Waals surface area contributed by atoms with Crippen molar-refractivity contribution in [1.29, 1.82) is 0 Å². The molecule has 2 aromatic carbocycles. The second kappa shape index (κ2) is 9.13. The van der Waals surface area contributed by atoms with Gasteiger partial charge in [-0.25, -0.2) is 9.97 Å². The lowest BCUT2D eigenvalue weighted by Gasteiger charge is -2.32. The number of pyridine rings is 2. The molecule has 1 saturated heterocycles. The van der Waals surface area contributed by atoms with Crippen molar-refractivity contribution in [3.05, 3.63) is 77.6 Å². The fourth-order valence-electron chi connectivity index (χ4n) is 4.35. The monoisotopic (exact) mass is 442 g/mol. The van der Waals surface area contributed by atoms with Gasteiger partial charge in [0.05, 0.1) is 36.2 Å². The maximum Gasteiger partial charge on any atom is 0.251 e. The highest BCUT2D eigenvalue weighted by molar-refractivity contribution is 6.06. The molecule has 1 atom stereocenters. The van der Waals surface area contributed by atoms with Gasteiger partial charge in [0, 0.05) is 37.5 Å². The minimum atomic E-state index is -0.221. The number of hydrogen-bond donors (Lipinski definition) is 1. The summed E-state index contributed by atoms with van der Waals surface area (Å²) in [6.45, 7) is 2.76. The summed E-state index contributed by atoms with van der Waals surface area (Å²) >= 11 is 0. The second-order valence-corrected chi connectivity index (χ2v) is 8.12. The van der Waals surface area contributed by atoms with Gasteiger partial charge in [-0.15, -0.1) is 0 Å². The van der Waals surface area contributed by atoms with Gasteiger partial charge >= 0.3 is 0 Å². The van der Waals surface area contributed by atoms with Crippen molar-refractivity contribution in [1.82, 2.24) is 20.2 Å². The van der Waals surface area contributed by atoms with Gasteiger partial charge in [0.2, 0.25) is 0 Å². The van der Waals surface area contributed by atoms with E-state index in [0.29, 0.717) is 25.3 Å². The number of nitrogens with one attached hydrogen (secondary N) is 1. The average molecular weight is 443 g/mol. The van der Waals surface area contributed by atoms with Gasteiger partial charge in [0.25, 0.3) is 5.91 Å². The van der Waals surface area contributed by atoms with Gasteiger partial charge in [0.15, 0.2) is 0 Å². The molecule has 33 heavy (non-hydrogen) atoms. The van der Waals surface area contributed by atoms with Crippen LogP contribution in [0.25, 0.3) is 21.8 Å². The van der Waals surface area contributed by atoms with E-state index in [0.717, 1.165) is 45.5 Å². The van der Waals surface area contributed by atoms with E-state index in [-0.39, 0.29) is 12.0 Å². The van der Waals surface area contributed by atoms with Crippen molar-refractivity contribution < 1.29 is 14.3 Å². The Morgan fingerprint density at radius 3 is 2.88 bits per heavy atom. The van der Waals surface area contributed by atoms with Crippen LogP contribution >= 0.6 is 0 Å². The Kier molecular flexibility index (Phi) is 5.90. The lowest BCUT2D eigenvalue weighted by molar-refractivity contribution is -0.0351. The van der Waals surface area contributed by atoms with Gasteiger partial charge in [-0.2, -0.15) is 0 Å². The molecular formula is C26H26N4O3. The van der Waals surface area contributed by atoms with Gasteiger partial charge in [-0.3, -0.25) is 9.69 Å². The number of carbonyl (C=O) groups excluding carboxylic acids is 1. The van der Waals surface area contributed by atoms with Crippen molar-refractivity contribution in [2.45, 2.75) is 12.6 Å². The molecule has 168 valence electrons. The minimum absolute atomic E-state index is 0.128. The molecule has 0 aliphatic carbocycles. The maximum absolute atomic E-state index is 12.5. The van der Waals surface area contributed by atoms with Gasteiger partial charge < -0.3 is 14.8 Å². The highest BCUT2D eigenvalue weighted by Crippen LogP contribution is 2.28. The number of rotatable bonds is 5. The van der Waals surface area contributed by atoms with E-state index in [2.05, 4.69) is 22.3 Å². The lowest BCUT2D eigenvalue weighted by Crippen LogP contribution is -2.38.